The van der Waals surface area contributed by atoms with Crippen molar-refractivity contribution in [2.75, 3.05) is 19.7 Å². The Morgan fingerprint density at radius 3 is 2.88 bits per heavy atom. The summed E-state index contributed by atoms with van der Waals surface area (Å²) in [4.78, 5) is 25.1. The second-order valence-corrected chi connectivity index (χ2v) is 5.94. The number of pyridine rings is 1. The zero-order valence-corrected chi connectivity index (χ0v) is 15.2. The maximum absolute atomic E-state index is 11.7. The van der Waals surface area contributed by atoms with Crippen LogP contribution < -0.4 is 9.88 Å². The molecule has 1 aromatic rings. The van der Waals surface area contributed by atoms with Crippen LogP contribution in [0.25, 0.3) is 0 Å². The Hall–Kier alpha value is -2.20. The summed E-state index contributed by atoms with van der Waals surface area (Å²) in [5, 5.41) is 2.76. The highest BCUT2D eigenvalue weighted by molar-refractivity contribution is 5.66. The van der Waals surface area contributed by atoms with Gasteiger partial charge in [0.2, 0.25) is 6.08 Å². The van der Waals surface area contributed by atoms with Crippen molar-refractivity contribution in [2.24, 2.45) is 4.99 Å². The molecule has 0 aliphatic heterocycles. The van der Waals surface area contributed by atoms with E-state index in [1.807, 2.05) is 18.3 Å². The van der Waals surface area contributed by atoms with E-state index in [2.05, 4.69) is 27.9 Å². The van der Waals surface area contributed by atoms with Crippen molar-refractivity contribution in [3.05, 3.63) is 30.1 Å². The van der Waals surface area contributed by atoms with E-state index in [0.717, 1.165) is 44.9 Å². The molecule has 25 heavy (non-hydrogen) atoms. The summed E-state index contributed by atoms with van der Waals surface area (Å²) in [6, 6.07) is 6.16. The van der Waals surface area contributed by atoms with Crippen molar-refractivity contribution in [3.8, 4) is 0 Å². The van der Waals surface area contributed by atoms with Crippen LogP contribution in [0, 0.1) is 0 Å². The van der Waals surface area contributed by atoms with Gasteiger partial charge in [-0.05, 0) is 19.3 Å². The lowest BCUT2D eigenvalue weighted by Crippen LogP contribution is -2.41. The van der Waals surface area contributed by atoms with Gasteiger partial charge in [-0.3, -0.25) is 0 Å². The monoisotopic (exact) mass is 348 g/mol. The van der Waals surface area contributed by atoms with Crippen LogP contribution in [0.2, 0.25) is 0 Å². The Bertz CT molecular complexity index is 542. The number of rotatable bonds is 13. The van der Waals surface area contributed by atoms with E-state index in [-0.39, 0.29) is 6.09 Å². The molecule has 0 unspecified atom stereocenters. The number of nitrogens with zero attached hydrogens (tertiary/aromatic N) is 2. The maximum atomic E-state index is 11.7. The number of carbonyl (C=O) groups excluding carboxylic acids is 2. The number of isocyanates is 1. The van der Waals surface area contributed by atoms with E-state index in [9.17, 15) is 9.59 Å². The molecule has 1 heterocycles. The molecule has 0 aromatic carbocycles. The highest BCUT2D eigenvalue weighted by atomic mass is 16.5. The van der Waals surface area contributed by atoms with Crippen molar-refractivity contribution >= 4 is 12.2 Å². The van der Waals surface area contributed by atoms with Gasteiger partial charge in [-0.1, -0.05) is 32.3 Å². The van der Waals surface area contributed by atoms with E-state index in [4.69, 9.17) is 4.74 Å². The molecule has 0 spiro atoms. The van der Waals surface area contributed by atoms with Gasteiger partial charge in [0.25, 0.3) is 0 Å². The third-order valence-electron chi connectivity index (χ3n) is 3.92. The number of amides is 1. The molecule has 0 saturated carbocycles. The molecule has 1 aromatic heterocycles. The van der Waals surface area contributed by atoms with Gasteiger partial charge in [0.05, 0.1) is 6.54 Å². The average molecular weight is 348 g/mol. The highest BCUT2D eigenvalue weighted by Gasteiger charge is 2.10. The van der Waals surface area contributed by atoms with Crippen LogP contribution >= 0.6 is 0 Å². The number of alkyl carbamates (subject to hydrolysis) is 1. The van der Waals surface area contributed by atoms with Crippen molar-refractivity contribution in [3.63, 3.8) is 0 Å². The lowest BCUT2D eigenvalue weighted by Gasteiger charge is -2.07. The van der Waals surface area contributed by atoms with Gasteiger partial charge in [-0.25, -0.2) is 14.6 Å². The molecule has 1 rings (SSSR count). The lowest BCUT2D eigenvalue weighted by atomic mass is 10.2. The Morgan fingerprint density at radius 2 is 2.08 bits per heavy atom. The smallest absolute Gasteiger partial charge is 0.407 e. The number of aryl methyl sites for hydroxylation is 1. The summed E-state index contributed by atoms with van der Waals surface area (Å²) in [7, 11) is 0. The highest BCUT2D eigenvalue weighted by Crippen LogP contribution is 2.00. The largest absolute Gasteiger partial charge is 0.443 e. The van der Waals surface area contributed by atoms with Crippen LogP contribution in [0.4, 0.5) is 4.79 Å². The number of hydrogen-bond acceptors (Lipinski definition) is 4. The van der Waals surface area contributed by atoms with E-state index >= 15 is 0 Å². The second kappa shape index (κ2) is 14.2. The maximum Gasteiger partial charge on any atom is 0.407 e. The lowest BCUT2D eigenvalue weighted by molar-refractivity contribution is -0.705. The minimum atomic E-state index is -0.364. The Morgan fingerprint density at radius 1 is 1.24 bits per heavy atom. The van der Waals surface area contributed by atoms with E-state index < -0.39 is 0 Å². The summed E-state index contributed by atoms with van der Waals surface area (Å²) >= 11 is 0. The molecule has 0 bridgehead atoms. The molecule has 6 heteroatoms. The topological polar surface area (TPSA) is 71.6 Å². The van der Waals surface area contributed by atoms with Crippen LogP contribution in [-0.4, -0.2) is 31.9 Å². The summed E-state index contributed by atoms with van der Waals surface area (Å²) < 4.78 is 7.38. The Labute approximate surface area is 150 Å². The van der Waals surface area contributed by atoms with Crippen molar-refractivity contribution in [2.45, 2.75) is 58.4 Å². The van der Waals surface area contributed by atoms with Crippen LogP contribution in [0.3, 0.4) is 0 Å². The molecule has 0 saturated heterocycles. The van der Waals surface area contributed by atoms with Crippen LogP contribution in [0.15, 0.2) is 29.4 Å². The minimum Gasteiger partial charge on any atom is -0.443 e. The summed E-state index contributed by atoms with van der Waals surface area (Å²) in [6.45, 7) is 4.36. The van der Waals surface area contributed by atoms with Crippen molar-refractivity contribution < 1.29 is 18.9 Å². The molecule has 6 nitrogen and oxygen atoms in total. The molecule has 138 valence electrons. The molecule has 0 aliphatic rings. The molecule has 0 aliphatic carbocycles. The van der Waals surface area contributed by atoms with Gasteiger partial charge < -0.3 is 10.1 Å². The molecule has 0 atom stereocenters. The Kier molecular flexibility index (Phi) is 11.8. The number of aliphatic imine (C=N–C) groups is 1. The van der Waals surface area contributed by atoms with Gasteiger partial charge >= 0.3 is 6.09 Å². The van der Waals surface area contributed by atoms with Gasteiger partial charge in [0, 0.05) is 25.1 Å². The van der Waals surface area contributed by atoms with E-state index in [1.54, 1.807) is 0 Å². The molecular weight excluding hydrogens is 318 g/mol. The average Bonchev–Trinajstić information content (AvgIpc) is 2.63. The first-order valence-corrected chi connectivity index (χ1v) is 9.19. The number of unbranched alkanes of at least 4 members (excludes halogenated alkanes) is 4. The molecular formula is C19H30N3O3+. The number of ether oxygens (including phenoxy) is 1. The third-order valence-corrected chi connectivity index (χ3v) is 3.92. The van der Waals surface area contributed by atoms with Gasteiger partial charge in [-0.2, -0.15) is 4.57 Å². The quantitative estimate of drug-likeness (QED) is 0.258. The van der Waals surface area contributed by atoms with Gasteiger partial charge in [0.1, 0.15) is 0 Å². The molecule has 1 amide bonds. The number of nitrogens with one attached hydrogen (secondary N) is 1. The second-order valence-electron chi connectivity index (χ2n) is 5.94. The van der Waals surface area contributed by atoms with E-state index in [1.165, 1.54) is 11.8 Å². The third kappa shape index (κ3) is 10.3. The minimum absolute atomic E-state index is 0.364. The molecule has 1 N–H and O–H groups in total. The first kappa shape index (κ1) is 20.8. The van der Waals surface area contributed by atoms with Crippen molar-refractivity contribution in [1.82, 2.24) is 5.32 Å². The van der Waals surface area contributed by atoms with Crippen LogP contribution in [0.1, 0.15) is 51.1 Å². The summed E-state index contributed by atoms with van der Waals surface area (Å²) in [5.74, 6) is 0. The zero-order chi connectivity index (χ0) is 18.2. The normalized spacial score (nSPS) is 10.1. The molecule has 0 radical (unpaired) electrons. The number of carbonyl (C=O) groups is 1. The van der Waals surface area contributed by atoms with Crippen LogP contribution in [0.5, 0.6) is 0 Å². The van der Waals surface area contributed by atoms with Gasteiger partial charge in [0.15, 0.2) is 25.0 Å². The fraction of sp³-hybridized carbons (Fsp3) is 0.632. The summed E-state index contributed by atoms with van der Waals surface area (Å²) in [5.41, 5.74) is 1.27. The Balaban J connectivity index is 2.11. The standard InChI is InChI=1S/C19H29N3O3/c1-2-3-10-18-11-6-9-14-22(18)15-16-25-19(24)21-13-8-5-4-7-12-20-17-23/h6,9,11,14H,2-5,7-8,10,12-13,15-16H2,1H3/p+1. The fourth-order valence-corrected chi connectivity index (χ4v) is 2.51. The first-order chi connectivity index (χ1) is 12.3. The van der Waals surface area contributed by atoms with Crippen molar-refractivity contribution in [1.29, 1.82) is 0 Å². The predicted octanol–water partition coefficient (Wildman–Crippen LogP) is 2.94. The zero-order valence-electron chi connectivity index (χ0n) is 15.2. The first-order valence-electron chi connectivity index (χ1n) is 9.19. The molecule has 0 fully saturated rings. The van der Waals surface area contributed by atoms with E-state index in [0.29, 0.717) is 26.2 Å². The fourth-order valence-electron chi connectivity index (χ4n) is 2.51. The SMILES string of the molecule is CCCCc1cccc[n+]1CCOC(=O)NCCCCCCN=C=O. The van der Waals surface area contributed by atoms with Crippen LogP contribution in [-0.2, 0) is 22.5 Å². The van der Waals surface area contributed by atoms with Gasteiger partial charge in [-0.15, -0.1) is 0 Å². The number of hydrogen-bond donors (Lipinski definition) is 1. The summed E-state index contributed by atoms with van der Waals surface area (Å²) in [6.07, 6.45) is 10.3. The number of aromatic nitrogens is 1. The predicted molar refractivity (Wildman–Crippen MR) is 96.1 cm³/mol.